The van der Waals surface area contributed by atoms with Gasteiger partial charge in [0, 0.05) is 31.0 Å². The second kappa shape index (κ2) is 11.6. The molecule has 1 saturated heterocycles. The van der Waals surface area contributed by atoms with E-state index in [1.54, 1.807) is 36.8 Å². The third-order valence-corrected chi connectivity index (χ3v) is 6.00. The number of carbonyl (C=O) groups is 2. The van der Waals surface area contributed by atoms with E-state index in [0.717, 1.165) is 6.42 Å². The van der Waals surface area contributed by atoms with Crippen LogP contribution in [0.5, 0.6) is 11.5 Å². The number of likely N-dealkylation sites (tertiary alicyclic amines) is 1. The second-order valence-corrected chi connectivity index (χ2v) is 8.52. The lowest BCUT2D eigenvalue weighted by Gasteiger charge is -2.26. The lowest BCUT2D eigenvalue weighted by molar-refractivity contribution is -0.139. The Labute approximate surface area is 210 Å². The fraction of sp³-hybridized carbons (Fsp3) is 0.321. The number of aromatic nitrogens is 2. The van der Waals surface area contributed by atoms with Crippen LogP contribution in [0.1, 0.15) is 43.9 Å². The standard InChI is InChI=1S/C28H31N3O5/c1-3-17-36-23-8-5-7-21(18-23)25-24(26(32)20-9-11-22(12-10-20)35-4-2)27(33)28(34)31(25)15-6-14-30-16-13-29-19-30/h5,7-13,16,18-19,25,32H,3-4,6,14-15,17H2,1-2H3/b26-24+. The zero-order valence-corrected chi connectivity index (χ0v) is 20.6. The predicted molar refractivity (Wildman–Crippen MR) is 136 cm³/mol. The molecule has 8 nitrogen and oxygen atoms in total. The van der Waals surface area contributed by atoms with Gasteiger partial charge in [0.15, 0.2) is 0 Å². The van der Waals surface area contributed by atoms with Gasteiger partial charge in [0.2, 0.25) is 0 Å². The lowest BCUT2D eigenvalue weighted by atomic mass is 9.95. The van der Waals surface area contributed by atoms with E-state index >= 15 is 0 Å². The minimum atomic E-state index is -0.732. The van der Waals surface area contributed by atoms with Crippen molar-refractivity contribution in [3.63, 3.8) is 0 Å². The summed E-state index contributed by atoms with van der Waals surface area (Å²) in [6.45, 7) is 5.98. The highest BCUT2D eigenvalue weighted by Crippen LogP contribution is 2.40. The average Bonchev–Trinajstić information content (AvgIpc) is 3.50. The van der Waals surface area contributed by atoms with Gasteiger partial charge in [-0.1, -0.05) is 19.1 Å². The number of ether oxygens (including phenoxy) is 2. The number of Topliss-reactive ketones (excluding diaryl/α,β-unsaturated/α-hetero) is 1. The molecule has 0 saturated carbocycles. The van der Waals surface area contributed by atoms with E-state index < -0.39 is 17.7 Å². The fourth-order valence-electron chi connectivity index (χ4n) is 4.33. The van der Waals surface area contributed by atoms with Gasteiger partial charge >= 0.3 is 0 Å². The van der Waals surface area contributed by atoms with E-state index in [0.29, 0.717) is 55.4 Å². The normalized spacial score (nSPS) is 16.9. The van der Waals surface area contributed by atoms with Crippen LogP contribution in [-0.2, 0) is 16.1 Å². The first-order chi connectivity index (χ1) is 17.5. The number of benzene rings is 2. The summed E-state index contributed by atoms with van der Waals surface area (Å²) in [6.07, 6.45) is 6.74. The Morgan fingerprint density at radius 1 is 1.03 bits per heavy atom. The molecule has 36 heavy (non-hydrogen) atoms. The average molecular weight is 490 g/mol. The highest BCUT2D eigenvalue weighted by atomic mass is 16.5. The first-order valence-electron chi connectivity index (χ1n) is 12.2. The number of hydrogen-bond donors (Lipinski definition) is 1. The van der Waals surface area contributed by atoms with Crippen LogP contribution in [0.4, 0.5) is 0 Å². The summed E-state index contributed by atoms with van der Waals surface area (Å²) >= 11 is 0. The van der Waals surface area contributed by atoms with E-state index in [4.69, 9.17) is 9.47 Å². The number of aryl methyl sites for hydroxylation is 1. The van der Waals surface area contributed by atoms with Crippen LogP contribution in [0.2, 0.25) is 0 Å². The molecule has 3 aromatic rings. The summed E-state index contributed by atoms with van der Waals surface area (Å²) in [7, 11) is 0. The summed E-state index contributed by atoms with van der Waals surface area (Å²) in [6, 6.07) is 13.5. The summed E-state index contributed by atoms with van der Waals surface area (Å²) in [5.41, 5.74) is 1.22. The van der Waals surface area contributed by atoms with Crippen LogP contribution in [0, 0.1) is 0 Å². The number of amides is 1. The maximum atomic E-state index is 13.3. The first kappa shape index (κ1) is 25.0. The fourth-order valence-corrected chi connectivity index (χ4v) is 4.33. The zero-order valence-electron chi connectivity index (χ0n) is 20.6. The summed E-state index contributed by atoms with van der Waals surface area (Å²) in [4.78, 5) is 32.0. The zero-order chi connectivity index (χ0) is 25.5. The summed E-state index contributed by atoms with van der Waals surface area (Å²) < 4.78 is 13.2. The molecule has 1 amide bonds. The highest BCUT2D eigenvalue weighted by molar-refractivity contribution is 6.46. The highest BCUT2D eigenvalue weighted by Gasteiger charge is 2.45. The van der Waals surface area contributed by atoms with Crippen molar-refractivity contribution in [3.8, 4) is 11.5 Å². The van der Waals surface area contributed by atoms with Gasteiger partial charge in [-0.2, -0.15) is 0 Å². The Bertz CT molecular complexity index is 1220. The van der Waals surface area contributed by atoms with Crippen molar-refractivity contribution in [1.29, 1.82) is 0 Å². The number of aliphatic hydroxyl groups excluding tert-OH is 1. The van der Waals surface area contributed by atoms with Gasteiger partial charge in [-0.15, -0.1) is 0 Å². The number of ketones is 1. The molecule has 8 heteroatoms. The van der Waals surface area contributed by atoms with Crippen molar-refractivity contribution in [1.82, 2.24) is 14.5 Å². The molecule has 1 aliphatic rings. The van der Waals surface area contributed by atoms with Crippen molar-refractivity contribution in [2.24, 2.45) is 0 Å². The number of carbonyl (C=O) groups excluding carboxylic acids is 2. The van der Waals surface area contributed by atoms with Gasteiger partial charge in [0.25, 0.3) is 11.7 Å². The molecule has 1 fully saturated rings. The predicted octanol–water partition coefficient (Wildman–Crippen LogP) is 4.58. The van der Waals surface area contributed by atoms with Crippen LogP contribution in [0.25, 0.3) is 5.76 Å². The van der Waals surface area contributed by atoms with Crippen LogP contribution >= 0.6 is 0 Å². The molecule has 188 valence electrons. The molecule has 1 unspecified atom stereocenters. The molecule has 0 spiro atoms. The van der Waals surface area contributed by atoms with Gasteiger partial charge in [-0.25, -0.2) is 4.98 Å². The molecule has 1 N–H and O–H groups in total. The van der Waals surface area contributed by atoms with Crippen LogP contribution < -0.4 is 9.47 Å². The van der Waals surface area contributed by atoms with Crippen molar-refractivity contribution in [2.75, 3.05) is 19.8 Å². The van der Waals surface area contributed by atoms with Gasteiger partial charge in [0.1, 0.15) is 17.3 Å². The third kappa shape index (κ3) is 5.43. The minimum absolute atomic E-state index is 0.0689. The van der Waals surface area contributed by atoms with Gasteiger partial charge in [-0.3, -0.25) is 9.59 Å². The number of rotatable bonds is 11. The van der Waals surface area contributed by atoms with Crippen LogP contribution in [-0.4, -0.2) is 51.0 Å². The number of nitrogens with zero attached hydrogens (tertiary/aromatic N) is 3. The Hall–Kier alpha value is -4.07. The summed E-state index contributed by atoms with van der Waals surface area (Å²) in [5.74, 6) is -0.226. The van der Waals surface area contributed by atoms with Crippen molar-refractivity contribution >= 4 is 17.4 Å². The van der Waals surface area contributed by atoms with Gasteiger partial charge in [-0.05, 0) is 61.7 Å². The van der Waals surface area contributed by atoms with Crippen molar-refractivity contribution in [3.05, 3.63) is 84.0 Å². The Morgan fingerprint density at radius 3 is 2.53 bits per heavy atom. The Balaban J connectivity index is 1.71. The van der Waals surface area contributed by atoms with Gasteiger partial charge < -0.3 is 24.0 Å². The number of imidazole rings is 1. The molecule has 4 rings (SSSR count). The summed E-state index contributed by atoms with van der Waals surface area (Å²) in [5, 5.41) is 11.3. The van der Waals surface area contributed by atoms with E-state index in [1.165, 1.54) is 4.90 Å². The van der Waals surface area contributed by atoms with Crippen molar-refractivity contribution < 1.29 is 24.2 Å². The molecule has 1 aromatic heterocycles. The molecule has 1 aliphatic heterocycles. The molecular weight excluding hydrogens is 458 g/mol. The van der Waals surface area contributed by atoms with E-state index in [-0.39, 0.29) is 11.3 Å². The van der Waals surface area contributed by atoms with Crippen LogP contribution in [0.3, 0.4) is 0 Å². The number of aliphatic hydroxyl groups is 1. The smallest absolute Gasteiger partial charge is 0.295 e. The largest absolute Gasteiger partial charge is 0.507 e. The molecule has 2 heterocycles. The minimum Gasteiger partial charge on any atom is -0.507 e. The topological polar surface area (TPSA) is 93.9 Å². The molecule has 1 atom stereocenters. The van der Waals surface area contributed by atoms with E-state index in [1.807, 2.05) is 48.9 Å². The monoisotopic (exact) mass is 489 g/mol. The maximum absolute atomic E-state index is 13.3. The van der Waals surface area contributed by atoms with Crippen LogP contribution in [0.15, 0.2) is 72.8 Å². The molecule has 0 bridgehead atoms. The molecule has 0 radical (unpaired) electrons. The van der Waals surface area contributed by atoms with E-state index in [2.05, 4.69) is 4.98 Å². The molecule has 0 aliphatic carbocycles. The van der Waals surface area contributed by atoms with Crippen molar-refractivity contribution in [2.45, 2.75) is 39.3 Å². The maximum Gasteiger partial charge on any atom is 0.295 e. The molecule has 2 aromatic carbocycles. The second-order valence-electron chi connectivity index (χ2n) is 8.52. The SMILES string of the molecule is CCCOc1cccc(C2/C(=C(\O)c3ccc(OCC)cc3)C(=O)C(=O)N2CCCn2ccnc2)c1. The van der Waals surface area contributed by atoms with E-state index in [9.17, 15) is 14.7 Å². The van der Waals surface area contributed by atoms with Gasteiger partial charge in [0.05, 0.1) is 31.2 Å². The number of hydrogen-bond acceptors (Lipinski definition) is 6. The Kier molecular flexibility index (Phi) is 8.05. The Morgan fingerprint density at radius 2 is 1.83 bits per heavy atom. The molecular formula is C28H31N3O5. The quantitative estimate of drug-likeness (QED) is 0.241. The first-order valence-corrected chi connectivity index (χ1v) is 12.2. The lowest BCUT2D eigenvalue weighted by Crippen LogP contribution is -2.31. The third-order valence-electron chi connectivity index (χ3n) is 6.00.